The zero-order valence-electron chi connectivity index (χ0n) is 11.0. The third-order valence-electron chi connectivity index (χ3n) is 3.63. The van der Waals surface area contributed by atoms with E-state index in [1.165, 1.54) is 6.07 Å². The van der Waals surface area contributed by atoms with Crippen LogP contribution in [0.1, 0.15) is 17.2 Å². The number of nitrogens with one attached hydrogen (secondary N) is 1. The standard InChI is InChI=1S/C15H16ClFN2S/c16-12-1-2-14(17)13(9-12)15(11-3-8-20-10-11)19-6-4-18-5-7-19/h1-3,8-10,15,18H,4-7H2/t15-/m1/s1. The molecule has 0 amide bonds. The van der Waals surface area contributed by atoms with Crippen LogP contribution < -0.4 is 5.32 Å². The van der Waals surface area contributed by atoms with Crippen molar-refractivity contribution in [1.82, 2.24) is 10.2 Å². The number of halogens is 2. The molecule has 0 radical (unpaired) electrons. The molecule has 0 unspecified atom stereocenters. The van der Waals surface area contributed by atoms with E-state index in [0.29, 0.717) is 10.6 Å². The molecule has 0 saturated carbocycles. The van der Waals surface area contributed by atoms with Crippen LogP contribution in [0.5, 0.6) is 0 Å². The first-order valence-electron chi connectivity index (χ1n) is 6.67. The van der Waals surface area contributed by atoms with Gasteiger partial charge in [-0.1, -0.05) is 11.6 Å². The van der Waals surface area contributed by atoms with Gasteiger partial charge in [-0.05, 0) is 40.6 Å². The predicted octanol–water partition coefficient (Wildman–Crippen LogP) is 3.54. The van der Waals surface area contributed by atoms with Gasteiger partial charge in [-0.15, -0.1) is 0 Å². The number of nitrogens with zero attached hydrogens (tertiary/aromatic N) is 1. The SMILES string of the molecule is Fc1ccc(Cl)cc1[C@@H](c1ccsc1)N1CCNCC1. The average molecular weight is 311 g/mol. The van der Waals surface area contributed by atoms with Crippen LogP contribution in [0.4, 0.5) is 4.39 Å². The van der Waals surface area contributed by atoms with E-state index >= 15 is 0 Å². The van der Waals surface area contributed by atoms with Gasteiger partial charge in [0.05, 0.1) is 6.04 Å². The van der Waals surface area contributed by atoms with Crippen molar-refractivity contribution >= 4 is 22.9 Å². The Labute approximate surface area is 127 Å². The molecule has 1 aliphatic rings. The number of piperazine rings is 1. The first-order chi connectivity index (χ1) is 9.75. The van der Waals surface area contributed by atoms with Crippen LogP contribution >= 0.6 is 22.9 Å². The van der Waals surface area contributed by atoms with E-state index in [4.69, 9.17) is 11.6 Å². The highest BCUT2D eigenvalue weighted by molar-refractivity contribution is 7.08. The van der Waals surface area contributed by atoms with Crippen LogP contribution in [0.25, 0.3) is 0 Å². The fraction of sp³-hybridized carbons (Fsp3) is 0.333. The molecule has 2 nitrogen and oxygen atoms in total. The van der Waals surface area contributed by atoms with Crippen LogP contribution in [0, 0.1) is 5.82 Å². The van der Waals surface area contributed by atoms with Gasteiger partial charge in [-0.2, -0.15) is 11.3 Å². The average Bonchev–Trinajstić information content (AvgIpc) is 2.98. The summed E-state index contributed by atoms with van der Waals surface area (Å²) in [5, 5.41) is 8.04. The van der Waals surface area contributed by atoms with Crippen LogP contribution in [0.15, 0.2) is 35.0 Å². The number of thiophene rings is 1. The molecule has 3 rings (SSSR count). The summed E-state index contributed by atoms with van der Waals surface area (Å²) in [5.41, 5.74) is 1.80. The first kappa shape index (κ1) is 14.0. The molecular formula is C15H16ClFN2S. The van der Waals surface area contributed by atoms with E-state index in [2.05, 4.69) is 21.7 Å². The molecule has 0 spiro atoms. The van der Waals surface area contributed by atoms with Crippen molar-refractivity contribution in [1.29, 1.82) is 0 Å². The Morgan fingerprint density at radius 1 is 1.25 bits per heavy atom. The van der Waals surface area contributed by atoms with Gasteiger partial charge in [0.2, 0.25) is 0 Å². The Morgan fingerprint density at radius 2 is 2.05 bits per heavy atom. The highest BCUT2D eigenvalue weighted by Crippen LogP contribution is 2.33. The Balaban J connectivity index is 2.02. The predicted molar refractivity (Wildman–Crippen MR) is 82.0 cm³/mol. The van der Waals surface area contributed by atoms with Gasteiger partial charge in [0.25, 0.3) is 0 Å². The Morgan fingerprint density at radius 3 is 2.75 bits per heavy atom. The third kappa shape index (κ3) is 2.88. The molecule has 1 aromatic carbocycles. The van der Waals surface area contributed by atoms with E-state index in [1.807, 2.05) is 5.38 Å². The Bertz CT molecular complexity index is 567. The summed E-state index contributed by atoms with van der Waals surface area (Å²) in [6, 6.07) is 6.82. The zero-order chi connectivity index (χ0) is 13.9. The topological polar surface area (TPSA) is 15.3 Å². The summed E-state index contributed by atoms with van der Waals surface area (Å²) in [6.07, 6.45) is 0. The van der Waals surface area contributed by atoms with Gasteiger partial charge in [0, 0.05) is 36.8 Å². The second-order valence-corrected chi connectivity index (χ2v) is 6.13. The molecule has 1 atom stereocenters. The van der Waals surface area contributed by atoms with Crippen LogP contribution in [-0.4, -0.2) is 31.1 Å². The number of rotatable bonds is 3. The molecule has 1 aliphatic heterocycles. The smallest absolute Gasteiger partial charge is 0.128 e. The van der Waals surface area contributed by atoms with Crippen molar-refractivity contribution in [2.24, 2.45) is 0 Å². The molecule has 0 bridgehead atoms. The second kappa shape index (κ2) is 6.22. The lowest BCUT2D eigenvalue weighted by Gasteiger charge is -2.35. The highest BCUT2D eigenvalue weighted by Gasteiger charge is 2.26. The van der Waals surface area contributed by atoms with Gasteiger partial charge in [0.1, 0.15) is 5.82 Å². The number of hydrogen-bond donors (Lipinski definition) is 1. The van der Waals surface area contributed by atoms with Crippen molar-refractivity contribution in [3.8, 4) is 0 Å². The van der Waals surface area contributed by atoms with E-state index in [-0.39, 0.29) is 11.9 Å². The summed E-state index contributed by atoms with van der Waals surface area (Å²) in [7, 11) is 0. The number of benzene rings is 1. The van der Waals surface area contributed by atoms with Crippen LogP contribution in [-0.2, 0) is 0 Å². The maximum Gasteiger partial charge on any atom is 0.128 e. The van der Waals surface area contributed by atoms with Gasteiger partial charge < -0.3 is 5.32 Å². The van der Waals surface area contributed by atoms with Gasteiger partial charge in [-0.3, -0.25) is 4.90 Å². The van der Waals surface area contributed by atoms with Crippen molar-refractivity contribution in [3.63, 3.8) is 0 Å². The highest BCUT2D eigenvalue weighted by atomic mass is 35.5. The van der Waals surface area contributed by atoms with Crippen molar-refractivity contribution < 1.29 is 4.39 Å². The maximum absolute atomic E-state index is 14.3. The minimum atomic E-state index is -0.191. The van der Waals surface area contributed by atoms with Crippen LogP contribution in [0.2, 0.25) is 5.02 Å². The summed E-state index contributed by atoms with van der Waals surface area (Å²) >= 11 is 7.71. The fourth-order valence-electron chi connectivity index (χ4n) is 2.68. The first-order valence-corrected chi connectivity index (χ1v) is 7.99. The molecule has 20 heavy (non-hydrogen) atoms. The molecule has 1 N–H and O–H groups in total. The summed E-state index contributed by atoms with van der Waals surface area (Å²) in [4.78, 5) is 2.31. The van der Waals surface area contributed by atoms with Gasteiger partial charge in [0.15, 0.2) is 0 Å². The lowest BCUT2D eigenvalue weighted by molar-refractivity contribution is 0.195. The maximum atomic E-state index is 14.3. The monoisotopic (exact) mass is 310 g/mol. The largest absolute Gasteiger partial charge is 0.314 e. The molecule has 106 valence electrons. The fourth-order valence-corrected chi connectivity index (χ4v) is 3.54. The van der Waals surface area contributed by atoms with E-state index in [0.717, 1.165) is 31.7 Å². The molecule has 5 heteroatoms. The Kier molecular flexibility index (Phi) is 4.36. The van der Waals surface area contributed by atoms with Crippen molar-refractivity contribution in [2.45, 2.75) is 6.04 Å². The molecular weight excluding hydrogens is 295 g/mol. The lowest BCUT2D eigenvalue weighted by atomic mass is 9.98. The van der Waals surface area contributed by atoms with E-state index in [9.17, 15) is 4.39 Å². The molecule has 1 saturated heterocycles. The lowest BCUT2D eigenvalue weighted by Crippen LogP contribution is -2.45. The van der Waals surface area contributed by atoms with Crippen molar-refractivity contribution in [2.75, 3.05) is 26.2 Å². The van der Waals surface area contributed by atoms with Crippen LogP contribution in [0.3, 0.4) is 0 Å². The van der Waals surface area contributed by atoms with Crippen molar-refractivity contribution in [3.05, 3.63) is 57.0 Å². The molecule has 0 aliphatic carbocycles. The minimum Gasteiger partial charge on any atom is -0.314 e. The van der Waals surface area contributed by atoms with E-state index < -0.39 is 0 Å². The molecule has 2 heterocycles. The summed E-state index contributed by atoms with van der Waals surface area (Å²) < 4.78 is 14.3. The number of hydrogen-bond acceptors (Lipinski definition) is 3. The summed E-state index contributed by atoms with van der Waals surface area (Å²) in [6.45, 7) is 3.69. The van der Waals surface area contributed by atoms with Gasteiger partial charge >= 0.3 is 0 Å². The van der Waals surface area contributed by atoms with Gasteiger partial charge in [-0.25, -0.2) is 4.39 Å². The molecule has 1 aromatic heterocycles. The second-order valence-electron chi connectivity index (χ2n) is 4.91. The summed E-state index contributed by atoms with van der Waals surface area (Å²) in [5.74, 6) is -0.191. The zero-order valence-corrected chi connectivity index (χ0v) is 12.6. The minimum absolute atomic E-state index is 0.0537. The molecule has 1 fully saturated rings. The molecule has 2 aromatic rings. The normalized spacial score (nSPS) is 18.1. The third-order valence-corrected chi connectivity index (χ3v) is 4.56. The Hall–Kier alpha value is -0.940. The quantitative estimate of drug-likeness (QED) is 0.933. The van der Waals surface area contributed by atoms with E-state index in [1.54, 1.807) is 23.5 Å².